The number of benzene rings is 1. The van der Waals surface area contributed by atoms with Crippen molar-refractivity contribution in [3.8, 4) is 11.5 Å². The summed E-state index contributed by atoms with van der Waals surface area (Å²) in [6.45, 7) is 5.23. The van der Waals surface area contributed by atoms with Gasteiger partial charge in [0, 0.05) is 30.7 Å². The van der Waals surface area contributed by atoms with E-state index < -0.39 is 0 Å². The zero-order chi connectivity index (χ0) is 18.8. The molecule has 1 fully saturated rings. The maximum absolute atomic E-state index is 13.3. The number of hydrogen-bond donors (Lipinski definition) is 0. The molecule has 3 rings (SSSR count). The van der Waals surface area contributed by atoms with E-state index in [2.05, 4.69) is 6.92 Å². The molecule has 1 unspecified atom stereocenters. The molecule has 0 radical (unpaired) electrons. The first kappa shape index (κ1) is 18.3. The Labute approximate surface area is 153 Å². The maximum atomic E-state index is 13.3. The van der Waals surface area contributed by atoms with Crippen LogP contribution < -0.4 is 15.0 Å². The monoisotopic (exact) mass is 358 g/mol. The Bertz CT molecular complexity index is 887. The highest BCUT2D eigenvalue weighted by molar-refractivity contribution is 6.07. The minimum absolute atomic E-state index is 0.0309. The van der Waals surface area contributed by atoms with Gasteiger partial charge in [0.15, 0.2) is 11.5 Å². The maximum Gasteiger partial charge on any atom is 0.258 e. The molecule has 0 aliphatic carbocycles. The van der Waals surface area contributed by atoms with Gasteiger partial charge in [-0.15, -0.1) is 0 Å². The van der Waals surface area contributed by atoms with Crippen LogP contribution in [-0.2, 0) is 6.54 Å². The van der Waals surface area contributed by atoms with Crippen LogP contribution in [0.5, 0.6) is 11.5 Å². The van der Waals surface area contributed by atoms with Gasteiger partial charge in [0.1, 0.15) is 0 Å². The number of aromatic nitrogens is 1. The average Bonchev–Trinajstić information content (AvgIpc) is 2.67. The second kappa shape index (κ2) is 7.40. The summed E-state index contributed by atoms with van der Waals surface area (Å²) in [5, 5.41) is 1.08. The molecule has 1 aromatic heterocycles. The van der Waals surface area contributed by atoms with Gasteiger partial charge in [-0.1, -0.05) is 0 Å². The fourth-order valence-corrected chi connectivity index (χ4v) is 3.68. The molecule has 6 nitrogen and oxygen atoms in total. The lowest BCUT2D eigenvalue weighted by Gasteiger charge is -2.33. The number of methoxy groups -OCH3 is 2. The number of carbonyl (C=O) groups is 1. The first-order valence-corrected chi connectivity index (χ1v) is 9.12. The van der Waals surface area contributed by atoms with Crippen molar-refractivity contribution in [2.75, 3.05) is 20.8 Å². The minimum atomic E-state index is -0.133. The number of piperidine rings is 1. The second-order valence-corrected chi connectivity index (χ2v) is 6.73. The highest BCUT2D eigenvalue weighted by Gasteiger charge is 2.27. The SMILES string of the molecule is CCn1cc(C(=O)N2CCCCC2C)c2cc(OC)c(OC)cc2c1=O. The Morgan fingerprint density at radius 1 is 1.15 bits per heavy atom. The molecule has 1 aliphatic rings. The molecule has 1 saturated heterocycles. The van der Waals surface area contributed by atoms with Gasteiger partial charge in [0.25, 0.3) is 11.5 Å². The van der Waals surface area contributed by atoms with Crippen molar-refractivity contribution >= 4 is 16.7 Å². The lowest BCUT2D eigenvalue weighted by atomic mass is 10.00. The van der Waals surface area contributed by atoms with E-state index >= 15 is 0 Å². The Hall–Kier alpha value is -2.50. The first-order valence-electron chi connectivity index (χ1n) is 9.12. The van der Waals surface area contributed by atoms with E-state index in [9.17, 15) is 9.59 Å². The van der Waals surface area contributed by atoms with Crippen LogP contribution in [0.1, 0.15) is 43.5 Å². The van der Waals surface area contributed by atoms with Gasteiger partial charge < -0.3 is 18.9 Å². The number of rotatable bonds is 4. The van der Waals surface area contributed by atoms with E-state index in [1.807, 2.05) is 11.8 Å². The number of amides is 1. The van der Waals surface area contributed by atoms with Crippen LogP contribution in [0.2, 0.25) is 0 Å². The molecule has 2 aromatic rings. The molecule has 0 spiro atoms. The molecular weight excluding hydrogens is 332 g/mol. The van der Waals surface area contributed by atoms with Crippen LogP contribution in [0, 0.1) is 0 Å². The van der Waals surface area contributed by atoms with E-state index in [0.29, 0.717) is 34.4 Å². The second-order valence-electron chi connectivity index (χ2n) is 6.73. The third-order valence-electron chi connectivity index (χ3n) is 5.23. The highest BCUT2D eigenvalue weighted by Crippen LogP contribution is 2.33. The standard InChI is InChI=1S/C20H26N2O4/c1-5-21-12-16(20(24)22-9-7-6-8-13(22)2)14-10-17(25-3)18(26-4)11-15(14)19(21)23/h10-13H,5-9H2,1-4H3. The van der Waals surface area contributed by atoms with Crippen LogP contribution in [0.15, 0.2) is 23.1 Å². The number of fused-ring (bicyclic) bond motifs is 1. The van der Waals surface area contributed by atoms with Crippen LogP contribution in [0.25, 0.3) is 10.8 Å². The van der Waals surface area contributed by atoms with Crippen molar-refractivity contribution in [1.82, 2.24) is 9.47 Å². The molecule has 1 amide bonds. The van der Waals surface area contributed by atoms with Crippen LogP contribution in [-0.4, -0.2) is 42.2 Å². The zero-order valence-electron chi connectivity index (χ0n) is 15.9. The largest absolute Gasteiger partial charge is 0.493 e. The van der Waals surface area contributed by atoms with Crippen molar-refractivity contribution in [2.45, 2.75) is 45.7 Å². The molecule has 6 heteroatoms. The lowest BCUT2D eigenvalue weighted by molar-refractivity contribution is 0.0637. The Kier molecular flexibility index (Phi) is 5.20. The van der Waals surface area contributed by atoms with Crippen LogP contribution in [0.4, 0.5) is 0 Å². The summed E-state index contributed by atoms with van der Waals surface area (Å²) in [5.41, 5.74) is 0.405. The number of aryl methyl sites for hydroxylation is 1. The highest BCUT2D eigenvalue weighted by atomic mass is 16.5. The third-order valence-corrected chi connectivity index (χ3v) is 5.23. The van der Waals surface area contributed by atoms with Crippen molar-refractivity contribution in [3.05, 3.63) is 34.2 Å². The number of hydrogen-bond acceptors (Lipinski definition) is 4. The third kappa shape index (κ3) is 3.04. The smallest absolute Gasteiger partial charge is 0.258 e. The van der Waals surface area contributed by atoms with Gasteiger partial charge >= 0.3 is 0 Å². The number of nitrogens with zero attached hydrogens (tertiary/aromatic N) is 2. The van der Waals surface area contributed by atoms with Gasteiger partial charge in [0.05, 0.1) is 25.2 Å². The minimum Gasteiger partial charge on any atom is -0.493 e. The fourth-order valence-electron chi connectivity index (χ4n) is 3.68. The molecule has 0 saturated carbocycles. The number of ether oxygens (including phenoxy) is 2. The molecular formula is C20H26N2O4. The zero-order valence-corrected chi connectivity index (χ0v) is 15.9. The van der Waals surface area contributed by atoms with E-state index in [1.165, 1.54) is 7.11 Å². The summed E-state index contributed by atoms with van der Waals surface area (Å²) >= 11 is 0. The topological polar surface area (TPSA) is 60.8 Å². The first-order chi connectivity index (χ1) is 12.5. The Morgan fingerprint density at radius 2 is 1.81 bits per heavy atom. The molecule has 2 heterocycles. The van der Waals surface area contributed by atoms with Crippen molar-refractivity contribution < 1.29 is 14.3 Å². The summed E-state index contributed by atoms with van der Waals surface area (Å²) < 4.78 is 12.3. The Morgan fingerprint density at radius 3 is 2.38 bits per heavy atom. The van der Waals surface area contributed by atoms with Crippen LogP contribution >= 0.6 is 0 Å². The summed E-state index contributed by atoms with van der Waals surface area (Å²) in [5.74, 6) is 0.960. The Balaban J connectivity index is 2.24. The molecule has 0 bridgehead atoms. The van der Waals surface area contributed by atoms with Gasteiger partial charge in [-0.05, 0) is 45.2 Å². The number of likely N-dealkylation sites (tertiary alicyclic amines) is 1. The van der Waals surface area contributed by atoms with Crippen molar-refractivity contribution in [3.63, 3.8) is 0 Å². The van der Waals surface area contributed by atoms with E-state index in [0.717, 1.165) is 25.8 Å². The molecule has 26 heavy (non-hydrogen) atoms. The molecule has 1 aromatic carbocycles. The molecule has 1 atom stereocenters. The summed E-state index contributed by atoms with van der Waals surface area (Å²) in [6, 6.07) is 3.60. The van der Waals surface area contributed by atoms with E-state index in [-0.39, 0.29) is 17.5 Å². The van der Waals surface area contributed by atoms with Gasteiger partial charge in [-0.2, -0.15) is 0 Å². The molecule has 1 aliphatic heterocycles. The summed E-state index contributed by atoms with van der Waals surface area (Å²) in [7, 11) is 3.08. The van der Waals surface area contributed by atoms with Gasteiger partial charge in [0.2, 0.25) is 0 Å². The summed E-state index contributed by atoms with van der Waals surface area (Å²) in [6.07, 6.45) is 4.85. The predicted octanol–water partition coefficient (Wildman–Crippen LogP) is 3.05. The van der Waals surface area contributed by atoms with Crippen LogP contribution in [0.3, 0.4) is 0 Å². The quantitative estimate of drug-likeness (QED) is 0.843. The molecule has 140 valence electrons. The normalized spacial score (nSPS) is 17.4. The van der Waals surface area contributed by atoms with Crippen molar-refractivity contribution in [1.29, 1.82) is 0 Å². The van der Waals surface area contributed by atoms with Crippen molar-refractivity contribution in [2.24, 2.45) is 0 Å². The van der Waals surface area contributed by atoms with E-state index in [4.69, 9.17) is 9.47 Å². The fraction of sp³-hybridized carbons (Fsp3) is 0.500. The van der Waals surface area contributed by atoms with E-state index in [1.54, 1.807) is 30.0 Å². The summed E-state index contributed by atoms with van der Waals surface area (Å²) in [4.78, 5) is 28.0. The number of carbonyl (C=O) groups excluding carboxylic acids is 1. The average molecular weight is 358 g/mol. The van der Waals surface area contributed by atoms with Gasteiger partial charge in [-0.25, -0.2) is 0 Å². The number of pyridine rings is 1. The predicted molar refractivity (Wildman–Crippen MR) is 101 cm³/mol. The lowest BCUT2D eigenvalue weighted by Crippen LogP contribution is -2.42. The van der Waals surface area contributed by atoms with Gasteiger partial charge in [-0.3, -0.25) is 9.59 Å². The molecule has 0 N–H and O–H groups in total.